The lowest BCUT2D eigenvalue weighted by molar-refractivity contribution is -0.118. The molecule has 3 N–H and O–H groups in total. The van der Waals surface area contributed by atoms with E-state index in [0.717, 1.165) is 0 Å². The molecular weight excluding hydrogens is 207 g/mol. The Morgan fingerprint density at radius 2 is 2.19 bits per heavy atom. The number of nitrogens with one attached hydrogen (secondary N) is 1. The van der Waals surface area contributed by atoms with Gasteiger partial charge in [0.05, 0.1) is 0 Å². The first-order valence-electron chi connectivity index (χ1n) is 5.34. The molecule has 0 saturated heterocycles. The summed E-state index contributed by atoms with van der Waals surface area (Å²) in [4.78, 5) is 10.6. The minimum Gasteiger partial charge on any atom is -0.370 e. The van der Waals surface area contributed by atoms with Crippen molar-refractivity contribution in [3.8, 4) is 0 Å². The normalized spacial score (nSPS) is 12.4. The van der Waals surface area contributed by atoms with Crippen molar-refractivity contribution < 1.29 is 9.18 Å². The molecule has 3 nitrogen and oxygen atoms in total. The zero-order chi connectivity index (χ0) is 12.0. The summed E-state index contributed by atoms with van der Waals surface area (Å²) in [6.45, 7) is 2.52. The molecule has 1 aromatic carbocycles. The van der Waals surface area contributed by atoms with Gasteiger partial charge in [-0.15, -0.1) is 0 Å². The van der Waals surface area contributed by atoms with Gasteiger partial charge in [-0.05, 0) is 31.5 Å². The number of primary amides is 1. The summed E-state index contributed by atoms with van der Waals surface area (Å²) < 4.78 is 13.2. The molecule has 0 aliphatic rings. The van der Waals surface area contributed by atoms with Crippen LogP contribution in [0.5, 0.6) is 0 Å². The van der Waals surface area contributed by atoms with Crippen LogP contribution in [-0.2, 0) is 11.2 Å². The zero-order valence-electron chi connectivity index (χ0n) is 9.37. The minimum absolute atomic E-state index is 0.0317. The van der Waals surface area contributed by atoms with E-state index in [1.165, 1.54) is 6.07 Å². The number of rotatable bonds is 6. The third-order valence-electron chi connectivity index (χ3n) is 2.35. The predicted octanol–water partition coefficient (Wildman–Crippen LogP) is 1.22. The molecule has 88 valence electrons. The molecule has 0 bridgehead atoms. The number of carbonyl (C=O) groups is 1. The Bertz CT molecular complexity index is 355. The van der Waals surface area contributed by atoms with Crippen LogP contribution < -0.4 is 11.1 Å². The van der Waals surface area contributed by atoms with E-state index in [1.54, 1.807) is 12.1 Å². The van der Waals surface area contributed by atoms with Crippen LogP contribution in [0.15, 0.2) is 24.3 Å². The van der Waals surface area contributed by atoms with E-state index in [1.807, 2.05) is 13.0 Å². The van der Waals surface area contributed by atoms with Crippen LogP contribution >= 0.6 is 0 Å². The number of hydrogen-bond donors (Lipinski definition) is 2. The summed E-state index contributed by atoms with van der Waals surface area (Å²) in [6.07, 6.45) is 0.910. The van der Waals surface area contributed by atoms with Crippen molar-refractivity contribution in [2.75, 3.05) is 6.54 Å². The molecule has 0 aliphatic heterocycles. The molecule has 0 aromatic heterocycles. The maximum absolute atomic E-state index is 13.2. The number of hydrogen-bond acceptors (Lipinski definition) is 2. The maximum Gasteiger partial charge on any atom is 0.218 e. The van der Waals surface area contributed by atoms with E-state index in [9.17, 15) is 9.18 Å². The first-order valence-corrected chi connectivity index (χ1v) is 5.34. The summed E-state index contributed by atoms with van der Waals surface area (Å²) in [5, 5.41) is 3.12. The van der Waals surface area contributed by atoms with Gasteiger partial charge in [0, 0.05) is 12.5 Å². The van der Waals surface area contributed by atoms with Crippen LogP contribution in [0.2, 0.25) is 0 Å². The Balaban J connectivity index is 2.30. The van der Waals surface area contributed by atoms with Crippen molar-refractivity contribution in [2.24, 2.45) is 5.73 Å². The van der Waals surface area contributed by atoms with Gasteiger partial charge in [-0.2, -0.15) is 0 Å². The van der Waals surface area contributed by atoms with E-state index in [4.69, 9.17) is 5.73 Å². The SMILES string of the molecule is C[C@@H](CC(N)=O)NCCc1ccccc1F. The lowest BCUT2D eigenvalue weighted by Crippen LogP contribution is -2.32. The summed E-state index contributed by atoms with van der Waals surface area (Å²) in [5.41, 5.74) is 5.74. The van der Waals surface area contributed by atoms with E-state index in [0.29, 0.717) is 24.9 Å². The fourth-order valence-corrected chi connectivity index (χ4v) is 1.53. The smallest absolute Gasteiger partial charge is 0.218 e. The Labute approximate surface area is 94.8 Å². The Morgan fingerprint density at radius 3 is 2.81 bits per heavy atom. The van der Waals surface area contributed by atoms with Crippen molar-refractivity contribution >= 4 is 5.91 Å². The molecule has 0 fully saturated rings. The first-order chi connectivity index (χ1) is 7.59. The molecule has 0 aliphatic carbocycles. The fourth-order valence-electron chi connectivity index (χ4n) is 1.53. The predicted molar refractivity (Wildman–Crippen MR) is 61.4 cm³/mol. The Morgan fingerprint density at radius 1 is 1.50 bits per heavy atom. The molecule has 1 atom stereocenters. The standard InChI is InChI=1S/C12H17FN2O/c1-9(8-12(14)16)15-7-6-10-4-2-3-5-11(10)13/h2-5,9,15H,6-8H2,1H3,(H2,14,16)/t9-/m0/s1. The first kappa shape index (κ1) is 12.6. The molecule has 0 radical (unpaired) electrons. The van der Waals surface area contributed by atoms with Gasteiger partial charge in [-0.3, -0.25) is 4.79 Å². The van der Waals surface area contributed by atoms with Crippen LogP contribution in [-0.4, -0.2) is 18.5 Å². The van der Waals surface area contributed by atoms with Crippen molar-refractivity contribution in [3.05, 3.63) is 35.6 Å². The summed E-state index contributed by atoms with van der Waals surface area (Å²) in [7, 11) is 0. The van der Waals surface area contributed by atoms with Crippen LogP contribution in [0.25, 0.3) is 0 Å². The highest BCUT2D eigenvalue weighted by atomic mass is 19.1. The van der Waals surface area contributed by atoms with Crippen LogP contribution in [0.1, 0.15) is 18.9 Å². The third-order valence-corrected chi connectivity index (χ3v) is 2.35. The Kier molecular flexibility index (Phi) is 4.92. The van der Waals surface area contributed by atoms with Gasteiger partial charge >= 0.3 is 0 Å². The van der Waals surface area contributed by atoms with Gasteiger partial charge in [0.15, 0.2) is 0 Å². The molecule has 16 heavy (non-hydrogen) atoms. The molecular formula is C12H17FN2O. The number of carbonyl (C=O) groups excluding carboxylic acids is 1. The van der Waals surface area contributed by atoms with Crippen molar-refractivity contribution in [1.29, 1.82) is 0 Å². The summed E-state index contributed by atoms with van der Waals surface area (Å²) in [6, 6.07) is 6.72. The lowest BCUT2D eigenvalue weighted by Gasteiger charge is -2.11. The molecule has 0 spiro atoms. The second kappa shape index (κ2) is 6.23. The molecule has 1 rings (SSSR count). The number of benzene rings is 1. The molecule has 1 amide bonds. The molecule has 0 unspecified atom stereocenters. The maximum atomic E-state index is 13.2. The van der Waals surface area contributed by atoms with Crippen LogP contribution in [0, 0.1) is 5.82 Å². The lowest BCUT2D eigenvalue weighted by atomic mass is 10.1. The van der Waals surface area contributed by atoms with E-state index < -0.39 is 0 Å². The molecule has 0 heterocycles. The second-order valence-electron chi connectivity index (χ2n) is 3.87. The summed E-state index contributed by atoms with van der Waals surface area (Å²) >= 11 is 0. The van der Waals surface area contributed by atoms with E-state index >= 15 is 0 Å². The summed E-state index contributed by atoms with van der Waals surface area (Å²) in [5.74, 6) is -0.516. The van der Waals surface area contributed by atoms with Gasteiger partial charge in [0.2, 0.25) is 5.91 Å². The largest absolute Gasteiger partial charge is 0.370 e. The third kappa shape index (κ3) is 4.40. The van der Waals surface area contributed by atoms with E-state index in [2.05, 4.69) is 5.32 Å². The average molecular weight is 224 g/mol. The van der Waals surface area contributed by atoms with Crippen LogP contribution in [0.4, 0.5) is 4.39 Å². The monoisotopic (exact) mass is 224 g/mol. The average Bonchev–Trinajstić information content (AvgIpc) is 2.19. The van der Waals surface area contributed by atoms with Gasteiger partial charge in [0.1, 0.15) is 5.82 Å². The zero-order valence-corrected chi connectivity index (χ0v) is 9.37. The number of nitrogens with two attached hydrogens (primary N) is 1. The quantitative estimate of drug-likeness (QED) is 0.763. The van der Waals surface area contributed by atoms with Crippen molar-refractivity contribution in [1.82, 2.24) is 5.32 Å². The van der Waals surface area contributed by atoms with E-state index in [-0.39, 0.29) is 17.8 Å². The highest BCUT2D eigenvalue weighted by molar-refractivity contribution is 5.74. The topological polar surface area (TPSA) is 55.1 Å². The van der Waals surface area contributed by atoms with Crippen LogP contribution in [0.3, 0.4) is 0 Å². The second-order valence-corrected chi connectivity index (χ2v) is 3.87. The minimum atomic E-state index is -0.328. The molecule has 0 saturated carbocycles. The number of amides is 1. The number of halogens is 1. The van der Waals surface area contributed by atoms with Crippen molar-refractivity contribution in [2.45, 2.75) is 25.8 Å². The highest BCUT2D eigenvalue weighted by Gasteiger charge is 2.05. The molecule has 1 aromatic rings. The Hall–Kier alpha value is -1.42. The highest BCUT2D eigenvalue weighted by Crippen LogP contribution is 2.06. The fraction of sp³-hybridized carbons (Fsp3) is 0.417. The van der Waals surface area contributed by atoms with Crippen molar-refractivity contribution in [3.63, 3.8) is 0 Å². The van der Waals surface area contributed by atoms with Gasteiger partial charge in [-0.25, -0.2) is 4.39 Å². The van der Waals surface area contributed by atoms with Gasteiger partial charge in [0.25, 0.3) is 0 Å². The molecule has 4 heteroatoms. The van der Waals surface area contributed by atoms with Gasteiger partial charge < -0.3 is 11.1 Å². The van der Waals surface area contributed by atoms with Gasteiger partial charge in [-0.1, -0.05) is 18.2 Å².